The highest BCUT2D eigenvalue weighted by atomic mass is 19.1. The molecule has 2 atom stereocenters. The van der Waals surface area contributed by atoms with Crippen LogP contribution in [-0.4, -0.2) is 59.2 Å². The Morgan fingerprint density at radius 2 is 2.02 bits per heavy atom. The van der Waals surface area contributed by atoms with Crippen molar-refractivity contribution in [3.05, 3.63) is 46.2 Å². The fourth-order valence-corrected chi connectivity index (χ4v) is 4.85. The van der Waals surface area contributed by atoms with Crippen LogP contribution in [0.15, 0.2) is 33.9 Å². The van der Waals surface area contributed by atoms with E-state index in [4.69, 9.17) is 19.7 Å². The van der Waals surface area contributed by atoms with Crippen LogP contribution in [0.3, 0.4) is 0 Å². The third-order valence-electron chi connectivity index (χ3n) is 6.58. The van der Waals surface area contributed by atoms with Crippen LogP contribution in [0.25, 0.3) is 16.7 Å². The van der Waals surface area contributed by atoms with Crippen LogP contribution in [0.1, 0.15) is 57.8 Å². The number of hydrogen-bond donors (Lipinski definition) is 3. The van der Waals surface area contributed by atoms with Gasteiger partial charge in [0.1, 0.15) is 23.6 Å². The SMILES string of the molecule is CCOC(=O)c1cn(-c2ccon2)c2cc(N3CC(C)CC3NC(=O)CCNC(=O)OC(C)(C)C)c(F)c(N)c2c1=O. The van der Waals surface area contributed by atoms with Crippen LogP contribution in [0.2, 0.25) is 0 Å². The topological polar surface area (TPSA) is 171 Å². The number of pyridine rings is 1. The predicted molar refractivity (Wildman–Crippen MR) is 152 cm³/mol. The molecule has 2 unspecified atom stereocenters. The van der Waals surface area contributed by atoms with Crippen molar-refractivity contribution in [1.82, 2.24) is 20.4 Å². The van der Waals surface area contributed by atoms with Crippen molar-refractivity contribution in [2.24, 2.45) is 5.92 Å². The molecule has 4 N–H and O–H groups in total. The number of nitrogen functional groups attached to an aromatic ring is 1. The number of benzene rings is 1. The van der Waals surface area contributed by atoms with Crippen molar-refractivity contribution < 1.29 is 32.8 Å². The lowest BCUT2D eigenvalue weighted by Gasteiger charge is -2.29. The number of carbonyl (C=O) groups is 3. The number of rotatable bonds is 8. The fourth-order valence-electron chi connectivity index (χ4n) is 4.85. The zero-order chi connectivity index (χ0) is 30.8. The largest absolute Gasteiger partial charge is 0.462 e. The molecule has 0 saturated carbocycles. The van der Waals surface area contributed by atoms with Gasteiger partial charge in [-0.25, -0.2) is 14.0 Å². The zero-order valence-corrected chi connectivity index (χ0v) is 24.2. The third kappa shape index (κ3) is 6.47. The summed E-state index contributed by atoms with van der Waals surface area (Å²) in [4.78, 5) is 52.2. The minimum atomic E-state index is -0.886. The number of carbonyl (C=O) groups excluding carboxylic acids is 3. The van der Waals surface area contributed by atoms with Gasteiger partial charge in [-0.3, -0.25) is 14.2 Å². The highest BCUT2D eigenvalue weighted by molar-refractivity contribution is 6.00. The Bertz CT molecular complexity index is 1550. The number of alkyl carbamates (subject to hydrolysis) is 1. The van der Waals surface area contributed by atoms with Crippen LogP contribution in [0.4, 0.5) is 20.6 Å². The average Bonchev–Trinajstić information content (AvgIpc) is 3.55. The molecule has 1 aliphatic heterocycles. The summed E-state index contributed by atoms with van der Waals surface area (Å²) in [5.41, 5.74) is 4.21. The summed E-state index contributed by atoms with van der Waals surface area (Å²) in [6, 6.07) is 2.94. The molecule has 3 heterocycles. The standard InChI is InChI=1S/C28H35FN6O7/c1-6-40-26(38)16-14-35(19-8-10-41-33-19)17-12-18(23(29)24(30)22(17)25(16)37)34-13-15(2)11-20(34)32-21(36)7-9-31-27(39)42-28(3,4)5/h8,10,12,14-15,20H,6-7,9,11,13,30H2,1-5H3,(H,31,39)(H,32,36). The third-order valence-corrected chi connectivity index (χ3v) is 6.58. The van der Waals surface area contributed by atoms with Gasteiger partial charge in [0.2, 0.25) is 11.3 Å². The normalized spacial score (nSPS) is 16.9. The maximum absolute atomic E-state index is 15.9. The van der Waals surface area contributed by atoms with Crippen molar-refractivity contribution in [3.63, 3.8) is 0 Å². The number of hydrogen-bond acceptors (Lipinski definition) is 10. The second-order valence-electron chi connectivity index (χ2n) is 11.1. The Morgan fingerprint density at radius 1 is 1.29 bits per heavy atom. The molecule has 2 amide bonds. The molecule has 42 heavy (non-hydrogen) atoms. The molecule has 3 aromatic rings. The summed E-state index contributed by atoms with van der Waals surface area (Å²) in [6.07, 6.45) is 1.83. The second-order valence-corrected chi connectivity index (χ2v) is 11.1. The van der Waals surface area contributed by atoms with E-state index in [-0.39, 0.29) is 59.4 Å². The smallest absolute Gasteiger partial charge is 0.407 e. The maximum atomic E-state index is 15.9. The van der Waals surface area contributed by atoms with Crippen molar-refractivity contribution >= 4 is 40.2 Å². The van der Waals surface area contributed by atoms with Crippen LogP contribution >= 0.6 is 0 Å². The molecule has 4 rings (SSSR count). The second kappa shape index (κ2) is 12.1. The van der Waals surface area contributed by atoms with Gasteiger partial charge in [0.25, 0.3) is 0 Å². The molecule has 2 aromatic heterocycles. The Labute approximate surface area is 241 Å². The first-order valence-corrected chi connectivity index (χ1v) is 13.6. The van der Waals surface area contributed by atoms with E-state index in [2.05, 4.69) is 15.8 Å². The van der Waals surface area contributed by atoms with Gasteiger partial charge in [-0.15, -0.1) is 0 Å². The molecule has 1 saturated heterocycles. The molecule has 0 bridgehead atoms. The van der Waals surface area contributed by atoms with Crippen LogP contribution < -0.4 is 26.7 Å². The summed E-state index contributed by atoms with van der Waals surface area (Å²) in [6.45, 7) is 9.22. The zero-order valence-electron chi connectivity index (χ0n) is 24.2. The summed E-state index contributed by atoms with van der Waals surface area (Å²) in [5.74, 6) is -1.81. The van der Waals surface area contributed by atoms with E-state index in [1.54, 1.807) is 32.6 Å². The molecule has 0 radical (unpaired) electrons. The summed E-state index contributed by atoms with van der Waals surface area (Å²) in [7, 11) is 0. The molecule has 1 aromatic carbocycles. The number of nitrogens with two attached hydrogens (primary N) is 1. The monoisotopic (exact) mass is 586 g/mol. The molecular weight excluding hydrogens is 551 g/mol. The van der Waals surface area contributed by atoms with E-state index in [0.29, 0.717) is 13.0 Å². The van der Waals surface area contributed by atoms with E-state index in [1.165, 1.54) is 29.2 Å². The van der Waals surface area contributed by atoms with Crippen LogP contribution in [0, 0.1) is 11.7 Å². The number of amides is 2. The van der Waals surface area contributed by atoms with Crippen LogP contribution in [-0.2, 0) is 14.3 Å². The number of halogens is 1. The minimum Gasteiger partial charge on any atom is -0.462 e. The number of ether oxygens (including phenoxy) is 2. The predicted octanol–water partition coefficient (Wildman–Crippen LogP) is 3.08. The van der Waals surface area contributed by atoms with E-state index < -0.39 is 40.8 Å². The first-order chi connectivity index (χ1) is 19.8. The van der Waals surface area contributed by atoms with E-state index >= 15 is 4.39 Å². The number of fused-ring (bicyclic) bond motifs is 1. The lowest BCUT2D eigenvalue weighted by atomic mass is 10.1. The van der Waals surface area contributed by atoms with Crippen LogP contribution in [0.5, 0.6) is 0 Å². The molecule has 14 heteroatoms. The average molecular weight is 587 g/mol. The highest BCUT2D eigenvalue weighted by Crippen LogP contribution is 2.36. The number of aromatic nitrogens is 2. The van der Waals surface area contributed by atoms with Gasteiger partial charge in [0.15, 0.2) is 11.6 Å². The van der Waals surface area contributed by atoms with Gasteiger partial charge < -0.3 is 35.3 Å². The highest BCUT2D eigenvalue weighted by Gasteiger charge is 2.34. The molecule has 1 aliphatic rings. The minimum absolute atomic E-state index is 0.0252. The first kappa shape index (κ1) is 30.3. The number of nitrogens with one attached hydrogen (secondary N) is 2. The van der Waals surface area contributed by atoms with Crippen molar-refractivity contribution in [3.8, 4) is 5.82 Å². The summed E-state index contributed by atoms with van der Waals surface area (Å²) < 4.78 is 32.5. The summed E-state index contributed by atoms with van der Waals surface area (Å²) in [5, 5.41) is 9.13. The van der Waals surface area contributed by atoms with E-state index in [0.717, 1.165) is 0 Å². The van der Waals surface area contributed by atoms with Gasteiger partial charge in [-0.05, 0) is 46.1 Å². The van der Waals surface area contributed by atoms with Gasteiger partial charge in [0, 0.05) is 31.8 Å². The van der Waals surface area contributed by atoms with Gasteiger partial charge in [-0.1, -0.05) is 12.1 Å². The van der Waals surface area contributed by atoms with E-state index in [1.807, 2.05) is 6.92 Å². The number of esters is 1. The fraction of sp³-hybridized carbons (Fsp3) is 0.464. The maximum Gasteiger partial charge on any atom is 0.407 e. The van der Waals surface area contributed by atoms with Crippen molar-refractivity contribution in [2.45, 2.75) is 59.2 Å². The number of anilines is 2. The van der Waals surface area contributed by atoms with Crippen molar-refractivity contribution in [2.75, 3.05) is 30.3 Å². The summed E-state index contributed by atoms with van der Waals surface area (Å²) >= 11 is 0. The molecule has 226 valence electrons. The first-order valence-electron chi connectivity index (χ1n) is 13.6. The molecule has 0 spiro atoms. The Morgan fingerprint density at radius 3 is 2.67 bits per heavy atom. The van der Waals surface area contributed by atoms with Gasteiger partial charge in [0.05, 0.1) is 28.9 Å². The lowest BCUT2D eigenvalue weighted by molar-refractivity contribution is -0.121. The van der Waals surface area contributed by atoms with Gasteiger partial charge >= 0.3 is 12.1 Å². The van der Waals surface area contributed by atoms with E-state index in [9.17, 15) is 19.2 Å². The quantitative estimate of drug-likeness (QED) is 0.263. The Balaban J connectivity index is 1.67. The Hall–Kier alpha value is -4.62. The molecule has 0 aliphatic carbocycles. The van der Waals surface area contributed by atoms with Gasteiger partial charge in [-0.2, -0.15) is 0 Å². The Kier molecular flexibility index (Phi) is 8.73. The molecular formula is C28H35FN6O7. The van der Waals surface area contributed by atoms with Crippen molar-refractivity contribution in [1.29, 1.82) is 0 Å². The molecule has 13 nitrogen and oxygen atoms in total. The molecule has 1 fully saturated rings. The lowest BCUT2D eigenvalue weighted by Crippen LogP contribution is -2.45. The number of nitrogens with zero attached hydrogens (tertiary/aromatic N) is 3.